The van der Waals surface area contributed by atoms with Gasteiger partial charge in [-0.15, -0.1) is 0 Å². The van der Waals surface area contributed by atoms with Crippen molar-refractivity contribution in [3.63, 3.8) is 0 Å². The van der Waals surface area contributed by atoms with Crippen LogP contribution in [0.2, 0.25) is 5.02 Å². The maximum atomic E-state index is 12.4. The van der Waals surface area contributed by atoms with E-state index in [1.165, 1.54) is 24.4 Å². The van der Waals surface area contributed by atoms with Gasteiger partial charge < -0.3 is 15.5 Å². The number of nitrogens with one attached hydrogen (secondary N) is 1. The molecule has 0 aliphatic carbocycles. The van der Waals surface area contributed by atoms with E-state index >= 15 is 0 Å². The second kappa shape index (κ2) is 8.77. The number of carbonyl (C=O) groups is 1. The summed E-state index contributed by atoms with van der Waals surface area (Å²) >= 11 is 12.7. The number of carbonyl (C=O) groups excluding carboxylic acids is 1. The third-order valence-corrected chi connectivity index (χ3v) is 5.09. The minimum absolute atomic E-state index is 0.0136. The summed E-state index contributed by atoms with van der Waals surface area (Å²) in [5.41, 5.74) is 1.90. The van der Waals surface area contributed by atoms with Crippen LogP contribution in [0.25, 0.3) is 0 Å². The van der Waals surface area contributed by atoms with Gasteiger partial charge in [0.15, 0.2) is 0 Å². The quantitative estimate of drug-likeness (QED) is 0.352. The highest BCUT2D eigenvalue weighted by Gasteiger charge is 2.11. The van der Waals surface area contributed by atoms with Crippen molar-refractivity contribution in [1.29, 1.82) is 0 Å². The molecule has 3 aromatic carbocycles. The van der Waals surface area contributed by atoms with Crippen LogP contribution in [0.5, 0.6) is 11.5 Å². The zero-order chi connectivity index (χ0) is 20.3. The lowest BCUT2D eigenvalue weighted by molar-refractivity contribution is 0.102. The summed E-state index contributed by atoms with van der Waals surface area (Å²) in [6, 6.07) is 14.5. The van der Waals surface area contributed by atoms with Crippen molar-refractivity contribution < 1.29 is 15.0 Å². The molecule has 0 unspecified atom stereocenters. The van der Waals surface area contributed by atoms with E-state index in [9.17, 15) is 15.0 Å². The number of amides is 1. The van der Waals surface area contributed by atoms with E-state index in [1.54, 1.807) is 36.4 Å². The number of hydrogen-bond donors (Lipinski definition) is 3. The van der Waals surface area contributed by atoms with Gasteiger partial charge in [-0.1, -0.05) is 33.6 Å². The molecule has 0 bridgehead atoms. The Morgan fingerprint density at radius 2 is 1.86 bits per heavy atom. The van der Waals surface area contributed by atoms with E-state index in [1.807, 2.05) is 0 Å². The molecule has 0 radical (unpaired) electrons. The maximum absolute atomic E-state index is 12.4. The number of aromatic hydroxyl groups is 2. The van der Waals surface area contributed by atoms with Crippen LogP contribution < -0.4 is 5.32 Å². The van der Waals surface area contributed by atoms with Crippen LogP contribution >= 0.6 is 43.5 Å². The Labute approximate surface area is 183 Å². The second-order valence-electron chi connectivity index (χ2n) is 5.75. The number of nitrogens with zero attached hydrogens (tertiary/aromatic N) is 1. The summed E-state index contributed by atoms with van der Waals surface area (Å²) in [6.07, 6.45) is 1.53. The molecular weight excluding hydrogens is 511 g/mol. The Balaban J connectivity index is 1.80. The van der Waals surface area contributed by atoms with E-state index in [0.29, 0.717) is 21.4 Å². The molecule has 0 saturated heterocycles. The average Bonchev–Trinajstić information content (AvgIpc) is 2.63. The van der Waals surface area contributed by atoms with Gasteiger partial charge in [0.2, 0.25) is 0 Å². The zero-order valence-corrected chi connectivity index (χ0v) is 18.1. The minimum Gasteiger partial charge on any atom is -0.508 e. The first-order valence-electron chi connectivity index (χ1n) is 7.95. The summed E-state index contributed by atoms with van der Waals surface area (Å²) in [5, 5.41) is 22.4. The van der Waals surface area contributed by atoms with Gasteiger partial charge in [-0.25, -0.2) is 0 Å². The first kappa shape index (κ1) is 20.4. The highest BCUT2D eigenvalue weighted by molar-refractivity contribution is 9.11. The normalized spacial score (nSPS) is 11.0. The van der Waals surface area contributed by atoms with Crippen LogP contribution in [-0.4, -0.2) is 22.3 Å². The van der Waals surface area contributed by atoms with Gasteiger partial charge in [0.25, 0.3) is 5.91 Å². The molecule has 0 saturated carbocycles. The van der Waals surface area contributed by atoms with Crippen LogP contribution in [0.15, 0.2) is 68.5 Å². The zero-order valence-electron chi connectivity index (χ0n) is 14.2. The molecule has 1 amide bonds. The fraction of sp³-hybridized carbons (Fsp3) is 0. The summed E-state index contributed by atoms with van der Waals surface area (Å²) in [6.45, 7) is 0. The molecular formula is C20H13Br2ClN2O3. The Hall–Kier alpha value is -2.35. The van der Waals surface area contributed by atoms with E-state index in [0.717, 1.165) is 4.47 Å². The first-order valence-corrected chi connectivity index (χ1v) is 9.92. The molecule has 0 aliphatic heterocycles. The minimum atomic E-state index is -0.403. The van der Waals surface area contributed by atoms with Gasteiger partial charge in [-0.3, -0.25) is 9.79 Å². The van der Waals surface area contributed by atoms with Gasteiger partial charge in [-0.2, -0.15) is 0 Å². The molecule has 0 fully saturated rings. The SMILES string of the molecule is O=C(Nc1cccc(N=Cc2cc(Br)cc(Br)c2O)c1)c1ccc(O)cc1Cl. The van der Waals surface area contributed by atoms with Crippen molar-refractivity contribution in [2.45, 2.75) is 0 Å². The molecule has 0 atom stereocenters. The van der Waals surface area contributed by atoms with Gasteiger partial charge in [0, 0.05) is 21.9 Å². The lowest BCUT2D eigenvalue weighted by Crippen LogP contribution is -2.12. The van der Waals surface area contributed by atoms with Crippen LogP contribution in [0.3, 0.4) is 0 Å². The lowest BCUT2D eigenvalue weighted by atomic mass is 10.2. The number of anilines is 1. The number of phenols is 2. The molecule has 0 spiro atoms. The van der Waals surface area contributed by atoms with Crippen molar-refractivity contribution in [3.8, 4) is 11.5 Å². The summed E-state index contributed by atoms with van der Waals surface area (Å²) in [4.78, 5) is 16.7. The van der Waals surface area contributed by atoms with Crippen molar-refractivity contribution >= 4 is 67.0 Å². The van der Waals surface area contributed by atoms with Gasteiger partial charge >= 0.3 is 0 Å². The molecule has 3 aromatic rings. The molecule has 142 valence electrons. The first-order chi connectivity index (χ1) is 13.3. The predicted octanol–water partition coefficient (Wildman–Crippen LogP) is 6.28. The smallest absolute Gasteiger partial charge is 0.257 e. The Kier molecular flexibility index (Phi) is 6.39. The van der Waals surface area contributed by atoms with Crippen molar-refractivity contribution in [1.82, 2.24) is 0 Å². The Morgan fingerprint density at radius 1 is 1.07 bits per heavy atom. The van der Waals surface area contributed by atoms with Crippen molar-refractivity contribution in [3.05, 3.63) is 79.7 Å². The fourth-order valence-corrected chi connectivity index (χ4v) is 3.90. The third-order valence-electron chi connectivity index (χ3n) is 3.71. The molecule has 3 rings (SSSR count). The standard InChI is InChI=1S/C20H13Br2ClN2O3/c21-12-6-11(19(27)17(22)7-12)10-24-13-2-1-3-14(8-13)25-20(28)16-5-4-15(26)9-18(16)23/h1-10,26-27H,(H,25,28). The predicted molar refractivity (Wildman–Crippen MR) is 118 cm³/mol. The average molecular weight is 525 g/mol. The summed E-state index contributed by atoms with van der Waals surface area (Å²) < 4.78 is 1.35. The van der Waals surface area contributed by atoms with Crippen molar-refractivity contribution in [2.75, 3.05) is 5.32 Å². The summed E-state index contributed by atoms with van der Waals surface area (Å²) in [7, 11) is 0. The molecule has 8 heteroatoms. The number of halogens is 3. The van der Waals surface area contributed by atoms with E-state index in [-0.39, 0.29) is 22.1 Å². The second-order valence-corrected chi connectivity index (χ2v) is 7.93. The van der Waals surface area contributed by atoms with Crippen LogP contribution in [0.4, 0.5) is 11.4 Å². The molecule has 3 N–H and O–H groups in total. The number of hydrogen-bond acceptors (Lipinski definition) is 4. The van der Waals surface area contributed by atoms with Gasteiger partial charge in [0.1, 0.15) is 11.5 Å². The van der Waals surface area contributed by atoms with Crippen LogP contribution in [0.1, 0.15) is 15.9 Å². The number of benzene rings is 3. The van der Waals surface area contributed by atoms with E-state index in [4.69, 9.17) is 11.6 Å². The number of rotatable bonds is 4. The third kappa shape index (κ3) is 4.92. The number of aliphatic imine (C=N–C) groups is 1. The maximum Gasteiger partial charge on any atom is 0.257 e. The number of phenolic OH excluding ortho intramolecular Hbond substituents is 2. The lowest BCUT2D eigenvalue weighted by Gasteiger charge is -2.08. The monoisotopic (exact) mass is 522 g/mol. The van der Waals surface area contributed by atoms with Crippen LogP contribution in [0, 0.1) is 0 Å². The summed E-state index contributed by atoms with van der Waals surface area (Å²) in [5.74, 6) is -0.335. The largest absolute Gasteiger partial charge is 0.508 e. The van der Waals surface area contributed by atoms with Crippen LogP contribution in [-0.2, 0) is 0 Å². The molecule has 5 nitrogen and oxygen atoms in total. The highest BCUT2D eigenvalue weighted by atomic mass is 79.9. The van der Waals surface area contributed by atoms with Gasteiger partial charge in [0.05, 0.1) is 20.7 Å². The Bertz CT molecular complexity index is 1090. The topological polar surface area (TPSA) is 81.9 Å². The molecule has 0 aromatic heterocycles. The fourth-order valence-electron chi connectivity index (χ4n) is 2.38. The van der Waals surface area contributed by atoms with Gasteiger partial charge in [-0.05, 0) is 64.5 Å². The Morgan fingerprint density at radius 3 is 2.61 bits per heavy atom. The highest BCUT2D eigenvalue weighted by Crippen LogP contribution is 2.31. The molecule has 0 heterocycles. The van der Waals surface area contributed by atoms with Crippen molar-refractivity contribution in [2.24, 2.45) is 4.99 Å². The van der Waals surface area contributed by atoms with E-state index < -0.39 is 5.91 Å². The molecule has 0 aliphatic rings. The van der Waals surface area contributed by atoms with E-state index in [2.05, 4.69) is 42.2 Å². The molecule has 28 heavy (non-hydrogen) atoms.